The number of hydrogen-bond acceptors (Lipinski definition) is 4. The van der Waals surface area contributed by atoms with E-state index in [-0.39, 0.29) is 0 Å². The fourth-order valence-corrected chi connectivity index (χ4v) is 3.42. The molecule has 0 saturated heterocycles. The highest BCUT2D eigenvalue weighted by atomic mass is 16.7. The van der Waals surface area contributed by atoms with Crippen molar-refractivity contribution in [1.29, 1.82) is 0 Å². The van der Waals surface area contributed by atoms with Gasteiger partial charge in [0.25, 0.3) is 0 Å². The van der Waals surface area contributed by atoms with E-state index in [9.17, 15) is 9.90 Å². The topological polar surface area (TPSA) is 55.8 Å². The van der Waals surface area contributed by atoms with Crippen LogP contribution in [0.4, 0.5) is 0 Å². The number of carbonyl (C=O) groups excluding carboxylic acids is 1. The number of para-hydroxylation sites is 2. The number of Topliss-reactive ketones (excluding diaryl/α,β-unsaturated/α-hetero) is 1. The summed E-state index contributed by atoms with van der Waals surface area (Å²) in [6.07, 6.45) is 2.29. The Morgan fingerprint density at radius 3 is 2.46 bits per heavy atom. The number of hydrogen-bond donors (Lipinski definition) is 1. The quantitative estimate of drug-likeness (QED) is 0.859. The summed E-state index contributed by atoms with van der Waals surface area (Å²) in [5, 5.41) is 11.3. The van der Waals surface area contributed by atoms with Crippen molar-refractivity contribution in [2.45, 2.75) is 31.7 Å². The summed E-state index contributed by atoms with van der Waals surface area (Å²) < 4.78 is 12.0. The van der Waals surface area contributed by atoms with Gasteiger partial charge in [-0.3, -0.25) is 4.79 Å². The zero-order chi connectivity index (χ0) is 16.9. The number of ether oxygens (including phenoxy) is 2. The first-order chi connectivity index (χ1) is 11.5. The molecule has 0 saturated carbocycles. The molecule has 2 aliphatic rings. The largest absolute Gasteiger partial charge is 0.474 e. The van der Waals surface area contributed by atoms with E-state index < -0.39 is 17.2 Å². The van der Waals surface area contributed by atoms with Gasteiger partial charge in [0.1, 0.15) is 11.5 Å². The molecule has 4 heteroatoms. The van der Waals surface area contributed by atoms with Crippen LogP contribution in [0, 0.1) is 0 Å². The summed E-state index contributed by atoms with van der Waals surface area (Å²) >= 11 is 0. The Morgan fingerprint density at radius 2 is 1.71 bits per heavy atom. The minimum absolute atomic E-state index is 0.334. The maximum absolute atomic E-state index is 13.1. The summed E-state index contributed by atoms with van der Waals surface area (Å²) in [6.45, 7) is 3.94. The first-order valence-electron chi connectivity index (χ1n) is 7.95. The predicted molar refractivity (Wildman–Crippen MR) is 89.1 cm³/mol. The molecule has 2 aromatic carbocycles. The van der Waals surface area contributed by atoms with E-state index >= 15 is 0 Å². The Kier molecular flexibility index (Phi) is 3.09. The van der Waals surface area contributed by atoms with Crippen LogP contribution >= 0.6 is 0 Å². The van der Waals surface area contributed by atoms with Crippen LogP contribution in [0.3, 0.4) is 0 Å². The van der Waals surface area contributed by atoms with Crippen LogP contribution in [0.15, 0.2) is 60.2 Å². The predicted octanol–water partition coefficient (Wildman–Crippen LogP) is 3.59. The van der Waals surface area contributed by atoms with E-state index in [1.807, 2.05) is 44.2 Å². The lowest BCUT2D eigenvalue weighted by Crippen LogP contribution is -2.62. The molecule has 2 heterocycles. The van der Waals surface area contributed by atoms with Crippen LogP contribution in [0.2, 0.25) is 0 Å². The number of benzene rings is 2. The van der Waals surface area contributed by atoms with Crippen LogP contribution in [-0.2, 0) is 5.60 Å². The molecule has 2 aliphatic heterocycles. The highest BCUT2D eigenvalue weighted by Gasteiger charge is 2.68. The molecule has 2 aromatic rings. The van der Waals surface area contributed by atoms with Crippen molar-refractivity contribution in [2.75, 3.05) is 0 Å². The molecular formula is C20H18O4. The Hall–Kier alpha value is -2.59. The Bertz CT molecular complexity index is 865. The van der Waals surface area contributed by atoms with E-state index in [4.69, 9.17) is 9.47 Å². The van der Waals surface area contributed by atoms with Gasteiger partial charge in [0.2, 0.25) is 11.4 Å². The van der Waals surface area contributed by atoms with Gasteiger partial charge in [-0.15, -0.1) is 0 Å². The smallest absolute Gasteiger partial charge is 0.318 e. The summed E-state index contributed by atoms with van der Waals surface area (Å²) in [4.78, 5) is 13.1. The Balaban J connectivity index is 1.98. The van der Waals surface area contributed by atoms with E-state index in [0.717, 1.165) is 5.57 Å². The van der Waals surface area contributed by atoms with Crippen molar-refractivity contribution in [2.24, 2.45) is 0 Å². The summed E-state index contributed by atoms with van der Waals surface area (Å²) in [5.41, 5.74) is 0.811. The number of rotatable bonds is 2. The lowest BCUT2D eigenvalue weighted by molar-refractivity contribution is -0.201. The first kappa shape index (κ1) is 15.0. The molecule has 4 nitrogen and oxygen atoms in total. The molecule has 0 bridgehead atoms. The number of carbonyl (C=O) groups is 1. The molecule has 1 N–H and O–H groups in total. The molecule has 0 unspecified atom stereocenters. The van der Waals surface area contributed by atoms with Gasteiger partial charge >= 0.3 is 5.79 Å². The van der Waals surface area contributed by atoms with E-state index in [2.05, 4.69) is 0 Å². The third-order valence-electron chi connectivity index (χ3n) is 4.65. The van der Waals surface area contributed by atoms with E-state index in [1.54, 1.807) is 24.3 Å². The highest BCUT2D eigenvalue weighted by molar-refractivity contribution is 6.06. The van der Waals surface area contributed by atoms with Crippen molar-refractivity contribution in [1.82, 2.24) is 0 Å². The van der Waals surface area contributed by atoms with Crippen molar-refractivity contribution in [3.8, 4) is 11.5 Å². The third kappa shape index (κ3) is 1.80. The number of allylic oxidation sites excluding steroid dienone is 1. The van der Waals surface area contributed by atoms with Gasteiger partial charge < -0.3 is 14.6 Å². The van der Waals surface area contributed by atoms with E-state index in [1.165, 1.54) is 0 Å². The third-order valence-corrected chi connectivity index (χ3v) is 4.65. The van der Waals surface area contributed by atoms with Crippen LogP contribution in [0.5, 0.6) is 11.5 Å². The second kappa shape index (κ2) is 4.95. The average molecular weight is 322 g/mol. The van der Waals surface area contributed by atoms with E-state index in [0.29, 0.717) is 29.0 Å². The summed E-state index contributed by atoms with van der Waals surface area (Å²) in [5.74, 6) is -1.60. The molecule has 0 aromatic heterocycles. The lowest BCUT2D eigenvalue weighted by atomic mass is 9.77. The first-order valence-corrected chi connectivity index (χ1v) is 7.95. The minimum atomic E-state index is -2.07. The zero-order valence-electron chi connectivity index (χ0n) is 13.6. The lowest BCUT2D eigenvalue weighted by Gasteiger charge is -2.42. The van der Waals surface area contributed by atoms with Crippen LogP contribution < -0.4 is 9.47 Å². The molecule has 0 spiro atoms. The van der Waals surface area contributed by atoms with Crippen LogP contribution in [-0.4, -0.2) is 16.7 Å². The molecule has 24 heavy (non-hydrogen) atoms. The van der Waals surface area contributed by atoms with Crippen molar-refractivity contribution < 1.29 is 19.4 Å². The van der Waals surface area contributed by atoms with Crippen molar-refractivity contribution in [3.63, 3.8) is 0 Å². The van der Waals surface area contributed by atoms with Crippen molar-refractivity contribution in [3.05, 3.63) is 71.3 Å². The minimum Gasteiger partial charge on any atom is -0.474 e. The molecule has 0 radical (unpaired) electrons. The summed E-state index contributed by atoms with van der Waals surface area (Å²) in [7, 11) is 0. The van der Waals surface area contributed by atoms with Gasteiger partial charge in [0, 0.05) is 12.0 Å². The second-order valence-electron chi connectivity index (χ2n) is 6.48. The maximum atomic E-state index is 13.1. The monoisotopic (exact) mass is 322 g/mol. The number of fused-ring (bicyclic) bond motifs is 4. The standard InChI is InChI=1S/C20H18O4/c1-13(2)11-12-19-15-8-4-6-10-17(15)24-20(19,22)18(21)14-7-3-5-9-16(14)23-19/h3-11,22H,12H2,1-2H3/t19-,20-/m1/s1. The van der Waals surface area contributed by atoms with Gasteiger partial charge in [-0.05, 0) is 32.0 Å². The Morgan fingerprint density at radius 1 is 1.04 bits per heavy atom. The van der Waals surface area contributed by atoms with Gasteiger partial charge in [-0.2, -0.15) is 0 Å². The maximum Gasteiger partial charge on any atom is 0.318 e. The fraction of sp³-hybridized carbons (Fsp3) is 0.250. The normalized spacial score (nSPS) is 26.5. The molecule has 0 amide bonds. The molecule has 4 rings (SSSR count). The molecule has 122 valence electrons. The number of aliphatic hydroxyl groups is 1. The van der Waals surface area contributed by atoms with Gasteiger partial charge in [0.15, 0.2) is 0 Å². The average Bonchev–Trinajstić information content (AvgIpc) is 2.83. The molecule has 0 fully saturated rings. The van der Waals surface area contributed by atoms with Crippen LogP contribution in [0.1, 0.15) is 36.2 Å². The van der Waals surface area contributed by atoms with Gasteiger partial charge in [-0.1, -0.05) is 42.0 Å². The van der Waals surface area contributed by atoms with Gasteiger partial charge in [0.05, 0.1) is 5.56 Å². The zero-order valence-corrected chi connectivity index (χ0v) is 13.6. The number of ketones is 1. The second-order valence-corrected chi connectivity index (χ2v) is 6.48. The molecular weight excluding hydrogens is 304 g/mol. The highest BCUT2D eigenvalue weighted by Crippen LogP contribution is 2.55. The SMILES string of the molecule is CC(C)=CC[C@]12Oc3ccccc3C(=O)[C@@]1(O)Oc1ccccc12. The van der Waals surface area contributed by atoms with Crippen molar-refractivity contribution >= 4 is 5.78 Å². The fourth-order valence-electron chi connectivity index (χ4n) is 3.42. The van der Waals surface area contributed by atoms with Crippen LogP contribution in [0.25, 0.3) is 0 Å². The molecule has 2 atom stereocenters. The van der Waals surface area contributed by atoms with Gasteiger partial charge in [-0.25, -0.2) is 0 Å². The Labute approximate surface area is 140 Å². The molecule has 0 aliphatic carbocycles. The summed E-state index contributed by atoms with van der Waals surface area (Å²) in [6, 6.07) is 14.2.